The van der Waals surface area contributed by atoms with Gasteiger partial charge in [-0.2, -0.15) is 0 Å². The molecule has 31 heavy (non-hydrogen) atoms. The first-order chi connectivity index (χ1) is 15.1. The lowest BCUT2D eigenvalue weighted by atomic mass is 10.2. The van der Waals surface area contributed by atoms with E-state index in [1.54, 1.807) is 7.05 Å². The van der Waals surface area contributed by atoms with Crippen molar-refractivity contribution in [2.75, 3.05) is 49.6 Å². The zero-order valence-corrected chi connectivity index (χ0v) is 19.0. The van der Waals surface area contributed by atoms with Crippen LogP contribution in [0.2, 0.25) is 5.02 Å². The van der Waals surface area contributed by atoms with Crippen molar-refractivity contribution in [3.8, 4) is 0 Å². The molecule has 0 spiro atoms. The summed E-state index contributed by atoms with van der Waals surface area (Å²) in [5, 5.41) is 7.72. The first-order valence-corrected chi connectivity index (χ1v) is 11.3. The Balaban J connectivity index is 1.26. The fourth-order valence-electron chi connectivity index (χ4n) is 4.09. The highest BCUT2D eigenvalue weighted by molar-refractivity contribution is 6.30. The first-order valence-electron chi connectivity index (χ1n) is 10.9. The number of aliphatic imine (C=N–C) groups is 1. The lowest BCUT2D eigenvalue weighted by Gasteiger charge is -2.32. The van der Waals surface area contributed by atoms with Crippen molar-refractivity contribution in [1.82, 2.24) is 15.6 Å². The van der Waals surface area contributed by atoms with Crippen LogP contribution < -0.4 is 20.4 Å². The maximum atomic E-state index is 6.14. The monoisotopic (exact) mass is 442 g/mol. The van der Waals surface area contributed by atoms with Crippen LogP contribution in [0.25, 0.3) is 0 Å². The quantitative estimate of drug-likeness (QED) is 0.548. The molecule has 2 unspecified atom stereocenters. The Morgan fingerprint density at radius 1 is 1.23 bits per heavy atom. The first kappa shape index (κ1) is 21.7. The summed E-state index contributed by atoms with van der Waals surface area (Å²) in [4.78, 5) is 13.7. The number of rotatable bonds is 5. The molecule has 2 aliphatic rings. The summed E-state index contributed by atoms with van der Waals surface area (Å²) in [7, 11) is 1.81. The van der Waals surface area contributed by atoms with Gasteiger partial charge in [0.05, 0.1) is 12.7 Å². The number of hydrogen-bond acceptors (Lipinski definition) is 5. The summed E-state index contributed by atoms with van der Waals surface area (Å²) >= 11 is 6.14. The number of morpholine rings is 1. The number of hydrogen-bond donors (Lipinski definition) is 2. The SMILES string of the molecule is CN=C(NCc1ccc(N2CCOC(C)C2)nc1)NC1CCN(c2cccc(Cl)c2)C1. The normalized spacial score (nSPS) is 22.0. The van der Waals surface area contributed by atoms with E-state index >= 15 is 0 Å². The molecule has 0 amide bonds. The third-order valence-corrected chi connectivity index (χ3v) is 6.00. The predicted molar refractivity (Wildman–Crippen MR) is 127 cm³/mol. The largest absolute Gasteiger partial charge is 0.375 e. The second-order valence-electron chi connectivity index (χ2n) is 8.13. The van der Waals surface area contributed by atoms with Crippen LogP contribution in [0.15, 0.2) is 47.6 Å². The average molecular weight is 443 g/mol. The van der Waals surface area contributed by atoms with Crippen LogP contribution in [0.1, 0.15) is 18.9 Å². The summed E-state index contributed by atoms with van der Waals surface area (Å²) < 4.78 is 5.61. The molecule has 0 saturated carbocycles. The van der Waals surface area contributed by atoms with Crippen LogP contribution in [0.4, 0.5) is 11.5 Å². The second-order valence-corrected chi connectivity index (χ2v) is 8.57. The Kier molecular flexibility index (Phi) is 7.14. The molecule has 3 heterocycles. The average Bonchev–Trinajstić information content (AvgIpc) is 3.25. The van der Waals surface area contributed by atoms with Gasteiger partial charge in [0.1, 0.15) is 5.82 Å². The van der Waals surface area contributed by atoms with Crippen molar-refractivity contribution < 1.29 is 4.74 Å². The van der Waals surface area contributed by atoms with Gasteiger partial charge in [0.2, 0.25) is 0 Å². The van der Waals surface area contributed by atoms with Crippen molar-refractivity contribution in [2.45, 2.75) is 32.0 Å². The number of ether oxygens (including phenoxy) is 1. The van der Waals surface area contributed by atoms with E-state index in [4.69, 9.17) is 16.3 Å². The minimum absolute atomic E-state index is 0.247. The van der Waals surface area contributed by atoms with Crippen molar-refractivity contribution in [3.63, 3.8) is 0 Å². The summed E-state index contributed by atoms with van der Waals surface area (Å²) in [5.41, 5.74) is 2.29. The van der Waals surface area contributed by atoms with Crippen LogP contribution >= 0.6 is 11.6 Å². The van der Waals surface area contributed by atoms with Crippen LogP contribution in [-0.4, -0.2) is 62.9 Å². The van der Waals surface area contributed by atoms with E-state index in [9.17, 15) is 0 Å². The molecule has 7 nitrogen and oxygen atoms in total. The molecular formula is C23H31ClN6O. The van der Waals surface area contributed by atoms with Crippen LogP contribution in [-0.2, 0) is 11.3 Å². The standard InChI is InChI=1S/C23H31ClN6O/c1-17-15-30(10-11-31-17)22-7-6-18(13-26-22)14-27-23(25-2)28-20-8-9-29(16-20)21-5-3-4-19(24)12-21/h3-7,12-13,17,20H,8-11,14-16H2,1-2H3,(H2,25,27,28). The molecular weight excluding hydrogens is 412 g/mol. The van der Waals surface area contributed by atoms with E-state index in [1.807, 2.05) is 24.4 Å². The van der Waals surface area contributed by atoms with Gasteiger partial charge in [0.25, 0.3) is 0 Å². The van der Waals surface area contributed by atoms with Gasteiger partial charge < -0.3 is 25.2 Å². The van der Waals surface area contributed by atoms with Gasteiger partial charge in [-0.3, -0.25) is 4.99 Å². The molecule has 8 heteroatoms. The van der Waals surface area contributed by atoms with Crippen molar-refractivity contribution in [3.05, 3.63) is 53.2 Å². The Bertz CT molecular complexity index is 890. The highest BCUT2D eigenvalue weighted by atomic mass is 35.5. The lowest BCUT2D eigenvalue weighted by Crippen LogP contribution is -2.44. The molecule has 2 saturated heterocycles. The molecule has 2 fully saturated rings. The van der Waals surface area contributed by atoms with Gasteiger partial charge in [0, 0.05) is 62.7 Å². The smallest absolute Gasteiger partial charge is 0.191 e. The molecule has 2 N–H and O–H groups in total. The maximum absolute atomic E-state index is 6.14. The van der Waals surface area contributed by atoms with E-state index in [0.717, 1.165) is 61.6 Å². The topological polar surface area (TPSA) is 65.0 Å². The minimum atomic E-state index is 0.247. The molecule has 1 aromatic heterocycles. The number of benzene rings is 1. The van der Waals surface area contributed by atoms with E-state index in [2.05, 4.69) is 55.5 Å². The van der Waals surface area contributed by atoms with E-state index in [1.165, 1.54) is 5.69 Å². The van der Waals surface area contributed by atoms with E-state index < -0.39 is 0 Å². The number of anilines is 2. The molecule has 0 aliphatic carbocycles. The summed E-state index contributed by atoms with van der Waals surface area (Å²) in [6.45, 7) is 7.23. The Hall–Kier alpha value is -2.51. The molecule has 0 radical (unpaired) electrons. The van der Waals surface area contributed by atoms with E-state index in [-0.39, 0.29) is 6.10 Å². The van der Waals surface area contributed by atoms with Gasteiger partial charge in [-0.05, 0) is 43.2 Å². The Morgan fingerprint density at radius 3 is 2.87 bits per heavy atom. The van der Waals surface area contributed by atoms with Crippen LogP contribution in [0, 0.1) is 0 Å². The van der Waals surface area contributed by atoms with Crippen molar-refractivity contribution in [2.24, 2.45) is 4.99 Å². The number of nitrogens with zero attached hydrogens (tertiary/aromatic N) is 4. The van der Waals surface area contributed by atoms with Crippen molar-refractivity contribution >= 4 is 29.1 Å². The molecule has 2 aliphatic heterocycles. The van der Waals surface area contributed by atoms with Crippen LogP contribution in [0.5, 0.6) is 0 Å². The molecule has 0 bridgehead atoms. The van der Waals surface area contributed by atoms with Crippen molar-refractivity contribution in [1.29, 1.82) is 0 Å². The number of guanidine groups is 1. The Labute approximate surface area is 189 Å². The third kappa shape index (κ3) is 5.80. The summed E-state index contributed by atoms with van der Waals surface area (Å²) in [6.07, 6.45) is 3.24. The highest BCUT2D eigenvalue weighted by Gasteiger charge is 2.23. The Morgan fingerprint density at radius 2 is 2.13 bits per heavy atom. The molecule has 2 aromatic rings. The van der Waals surface area contributed by atoms with Gasteiger partial charge in [0.15, 0.2) is 5.96 Å². The van der Waals surface area contributed by atoms with Gasteiger partial charge >= 0.3 is 0 Å². The number of nitrogens with one attached hydrogen (secondary N) is 2. The predicted octanol–water partition coefficient (Wildman–Crippen LogP) is 2.90. The summed E-state index contributed by atoms with van der Waals surface area (Å²) in [5.74, 6) is 1.82. The highest BCUT2D eigenvalue weighted by Crippen LogP contribution is 2.23. The minimum Gasteiger partial charge on any atom is -0.375 e. The fraction of sp³-hybridized carbons (Fsp3) is 0.478. The number of aromatic nitrogens is 1. The summed E-state index contributed by atoms with van der Waals surface area (Å²) in [6, 6.07) is 12.6. The second kappa shape index (κ2) is 10.2. The fourth-order valence-corrected chi connectivity index (χ4v) is 4.28. The third-order valence-electron chi connectivity index (χ3n) is 5.76. The number of halogens is 1. The van der Waals surface area contributed by atoms with Gasteiger partial charge in [-0.15, -0.1) is 0 Å². The lowest BCUT2D eigenvalue weighted by molar-refractivity contribution is 0.0529. The van der Waals surface area contributed by atoms with Gasteiger partial charge in [-0.1, -0.05) is 23.7 Å². The number of pyridine rings is 1. The van der Waals surface area contributed by atoms with Gasteiger partial charge in [-0.25, -0.2) is 4.98 Å². The zero-order chi connectivity index (χ0) is 21.6. The van der Waals surface area contributed by atoms with E-state index in [0.29, 0.717) is 12.6 Å². The molecule has 4 rings (SSSR count). The molecule has 2 atom stereocenters. The zero-order valence-electron chi connectivity index (χ0n) is 18.2. The molecule has 1 aromatic carbocycles. The molecule has 166 valence electrons. The van der Waals surface area contributed by atoms with Crippen LogP contribution in [0.3, 0.4) is 0 Å². The maximum Gasteiger partial charge on any atom is 0.191 e.